The lowest BCUT2D eigenvalue weighted by Crippen LogP contribution is -2.60. The number of aromatic hydroxyl groups is 1. The molecule has 6 unspecified atom stereocenters. The number of nitrogens with zero attached hydrogens (tertiary/aromatic N) is 2. The van der Waals surface area contributed by atoms with Crippen molar-refractivity contribution in [3.05, 3.63) is 100 Å². The maximum absolute atomic E-state index is 15.3. The first-order valence-electron chi connectivity index (χ1n) is 17.6. The molecule has 4 fully saturated rings. The minimum atomic E-state index is -2.75. The Morgan fingerprint density at radius 1 is 0.796 bits per heavy atom. The van der Waals surface area contributed by atoms with E-state index in [0.717, 1.165) is 24.8 Å². The third kappa shape index (κ3) is 5.06. The molecule has 282 valence electrons. The molecule has 2 aliphatic heterocycles. The molecule has 0 aromatic heterocycles. The predicted molar refractivity (Wildman–Crippen MR) is 184 cm³/mol. The van der Waals surface area contributed by atoms with E-state index in [1.807, 2.05) is 30.3 Å². The zero-order valence-corrected chi connectivity index (χ0v) is 29.8. The summed E-state index contributed by atoms with van der Waals surface area (Å²) in [5, 5.41) is 11.6. The van der Waals surface area contributed by atoms with Gasteiger partial charge in [0, 0.05) is 23.6 Å². The molecule has 1 N–H and O–H groups in total. The van der Waals surface area contributed by atoms with Crippen molar-refractivity contribution in [1.82, 2.24) is 4.90 Å². The van der Waals surface area contributed by atoms with Gasteiger partial charge in [0.15, 0.2) is 33.0 Å². The molecule has 4 amide bonds. The van der Waals surface area contributed by atoms with Gasteiger partial charge in [0.2, 0.25) is 17.6 Å². The predicted octanol–water partition coefficient (Wildman–Crippen LogP) is 7.56. The van der Waals surface area contributed by atoms with Crippen LogP contribution >= 0.6 is 23.2 Å². The van der Waals surface area contributed by atoms with E-state index < -0.39 is 104 Å². The highest BCUT2D eigenvalue weighted by Gasteiger charge is 2.77. The molecule has 3 aromatic rings. The van der Waals surface area contributed by atoms with E-state index >= 15 is 8.78 Å². The van der Waals surface area contributed by atoms with Crippen LogP contribution in [0.25, 0.3) is 0 Å². The number of halogens is 7. The van der Waals surface area contributed by atoms with Crippen LogP contribution in [0.2, 0.25) is 0 Å². The van der Waals surface area contributed by atoms with Crippen molar-refractivity contribution >= 4 is 52.5 Å². The number of phenolic OH excluding ortho intramolecular Hbond substituents is 1. The second kappa shape index (κ2) is 13.1. The molecule has 2 saturated carbocycles. The number of phenols is 1. The first kappa shape index (κ1) is 36.5. The number of benzene rings is 3. The van der Waals surface area contributed by atoms with Gasteiger partial charge in [0.1, 0.15) is 23.8 Å². The Morgan fingerprint density at radius 2 is 1.44 bits per heavy atom. The van der Waals surface area contributed by atoms with Gasteiger partial charge >= 0.3 is 0 Å². The topological polar surface area (TPSA) is 104 Å². The van der Waals surface area contributed by atoms with Crippen LogP contribution in [0.5, 0.6) is 11.5 Å². The lowest BCUT2D eigenvalue weighted by Gasteiger charge is -2.50. The van der Waals surface area contributed by atoms with Crippen LogP contribution in [-0.2, 0) is 25.8 Å². The molecule has 0 spiro atoms. The summed E-state index contributed by atoms with van der Waals surface area (Å²) >= 11 is 14.4. The average Bonchev–Trinajstić information content (AvgIpc) is 3.51. The molecule has 5 aliphatic rings. The Morgan fingerprint density at radius 3 is 2.09 bits per heavy atom. The van der Waals surface area contributed by atoms with E-state index in [0.29, 0.717) is 12.8 Å². The van der Waals surface area contributed by atoms with E-state index in [-0.39, 0.29) is 40.9 Å². The summed E-state index contributed by atoms with van der Waals surface area (Å²) in [4.78, 5) is 52.7. The SMILES string of the molecule is O=C1C2CC=C3C(CC4(Cl)C(=O)N(c5c(F)c(F)c(F)c(F)c5F)C(=O)C4(Cl)C3c3ccc(OCc4ccccc4)cc3O)C2C(=O)N1C1CCCCC1. The second-order valence-electron chi connectivity index (χ2n) is 14.5. The van der Waals surface area contributed by atoms with Gasteiger partial charge in [-0.25, -0.2) is 26.9 Å². The second-order valence-corrected chi connectivity index (χ2v) is 15.8. The van der Waals surface area contributed by atoms with E-state index in [1.54, 1.807) is 6.08 Å². The Bertz CT molecular complexity index is 2140. The van der Waals surface area contributed by atoms with Gasteiger partial charge in [-0.2, -0.15) is 0 Å². The fraction of sp³-hybridized carbons (Fsp3) is 0.385. The normalized spacial score (nSPS) is 29.6. The van der Waals surface area contributed by atoms with Crippen LogP contribution in [0, 0.1) is 46.8 Å². The molecule has 6 atom stereocenters. The van der Waals surface area contributed by atoms with Gasteiger partial charge in [0.05, 0.1) is 11.8 Å². The van der Waals surface area contributed by atoms with Crippen LogP contribution < -0.4 is 9.64 Å². The molecule has 15 heteroatoms. The molecule has 8 nitrogen and oxygen atoms in total. The maximum Gasteiger partial charge on any atom is 0.258 e. The molecule has 54 heavy (non-hydrogen) atoms. The Labute approximate surface area is 315 Å². The fourth-order valence-electron chi connectivity index (χ4n) is 9.23. The molecule has 2 heterocycles. The number of likely N-dealkylation sites (tertiary alicyclic amines) is 1. The van der Waals surface area contributed by atoms with Gasteiger partial charge in [-0.1, -0.05) is 67.3 Å². The molecule has 8 rings (SSSR count). The number of imide groups is 2. The van der Waals surface area contributed by atoms with Gasteiger partial charge < -0.3 is 9.84 Å². The molecule has 2 saturated heterocycles. The first-order valence-corrected chi connectivity index (χ1v) is 18.3. The largest absolute Gasteiger partial charge is 0.508 e. The van der Waals surface area contributed by atoms with Crippen LogP contribution in [0.1, 0.15) is 62.0 Å². The van der Waals surface area contributed by atoms with Crippen molar-refractivity contribution in [1.29, 1.82) is 0 Å². The monoisotopic (exact) mass is 788 g/mol. The van der Waals surface area contributed by atoms with Gasteiger partial charge in [-0.05, 0) is 43.2 Å². The molecule has 3 aliphatic carbocycles. The number of anilines is 1. The number of amides is 4. The third-order valence-electron chi connectivity index (χ3n) is 11.8. The lowest BCUT2D eigenvalue weighted by molar-refractivity contribution is -0.143. The number of carbonyl (C=O) groups excluding carboxylic acids is 4. The van der Waals surface area contributed by atoms with Crippen molar-refractivity contribution < 1.29 is 51.0 Å². The number of alkyl halides is 2. The number of hydrogen-bond donors (Lipinski definition) is 1. The molecule has 3 aromatic carbocycles. The highest BCUT2D eigenvalue weighted by molar-refractivity contribution is 6.58. The van der Waals surface area contributed by atoms with Crippen molar-refractivity contribution in [2.24, 2.45) is 17.8 Å². The van der Waals surface area contributed by atoms with Crippen LogP contribution in [0.3, 0.4) is 0 Å². The fourth-order valence-corrected chi connectivity index (χ4v) is 10.2. The zero-order chi connectivity index (χ0) is 38.4. The molecule has 0 radical (unpaired) electrons. The van der Waals surface area contributed by atoms with E-state index in [4.69, 9.17) is 27.9 Å². The molecular formula is C39H31Cl2F5N2O6. The van der Waals surface area contributed by atoms with E-state index in [9.17, 15) is 37.5 Å². The van der Waals surface area contributed by atoms with Crippen molar-refractivity contribution in [2.45, 2.75) is 73.3 Å². The van der Waals surface area contributed by atoms with E-state index in [1.165, 1.54) is 23.1 Å². The summed E-state index contributed by atoms with van der Waals surface area (Å²) in [5.74, 6) is -21.3. The summed E-state index contributed by atoms with van der Waals surface area (Å²) in [5.41, 5.74) is -0.902. The van der Waals surface area contributed by atoms with Crippen molar-refractivity contribution in [2.75, 3.05) is 4.90 Å². The van der Waals surface area contributed by atoms with E-state index in [2.05, 4.69) is 0 Å². The Kier molecular flexibility index (Phi) is 8.83. The summed E-state index contributed by atoms with van der Waals surface area (Å²) < 4.78 is 79.7. The number of carbonyl (C=O) groups is 4. The standard InChI is InChI=1S/C39H31Cl2F5N2O6/c40-38-16-24-21(13-14-23-26(24)35(51)47(34(23)50)19-9-5-2-6-10-19)27(22-12-11-20(15-25(22)49)54-17-18-7-3-1-4-8-18)39(38,41)37(53)48(36(38)52)33-31(45)29(43)28(42)30(44)32(33)46/h1,3-4,7-8,11-13,15,19,23-24,26-27,49H,2,5-6,9-10,14,16-17H2. The highest BCUT2D eigenvalue weighted by atomic mass is 35.5. The van der Waals surface area contributed by atoms with Crippen LogP contribution in [0.15, 0.2) is 60.2 Å². The number of fused-ring (bicyclic) bond motifs is 4. The van der Waals surface area contributed by atoms with Gasteiger partial charge in [0.25, 0.3) is 11.8 Å². The quantitative estimate of drug-likeness (QED) is 0.0691. The third-order valence-corrected chi connectivity index (χ3v) is 13.2. The number of allylic oxidation sites excluding steroid dienone is 2. The summed E-state index contributed by atoms with van der Waals surface area (Å²) in [7, 11) is 0. The van der Waals surface area contributed by atoms with Crippen LogP contribution in [-0.4, -0.2) is 49.4 Å². The molecular weight excluding hydrogens is 758 g/mol. The number of hydrogen-bond acceptors (Lipinski definition) is 6. The van der Waals surface area contributed by atoms with Gasteiger partial charge in [-0.15, -0.1) is 23.2 Å². The van der Waals surface area contributed by atoms with Gasteiger partial charge in [-0.3, -0.25) is 24.1 Å². The summed E-state index contributed by atoms with van der Waals surface area (Å²) in [6.45, 7) is 0.112. The summed E-state index contributed by atoms with van der Waals surface area (Å²) in [6, 6.07) is 12.8. The minimum Gasteiger partial charge on any atom is -0.508 e. The molecule has 0 bridgehead atoms. The number of rotatable bonds is 6. The van der Waals surface area contributed by atoms with Crippen molar-refractivity contribution in [3.63, 3.8) is 0 Å². The lowest BCUT2D eigenvalue weighted by atomic mass is 9.56. The van der Waals surface area contributed by atoms with Crippen LogP contribution in [0.4, 0.5) is 27.6 Å². The first-order chi connectivity index (χ1) is 25.7. The van der Waals surface area contributed by atoms with Crippen molar-refractivity contribution in [3.8, 4) is 11.5 Å². The number of ether oxygens (including phenoxy) is 1. The maximum atomic E-state index is 15.3. The average molecular weight is 790 g/mol. The smallest absolute Gasteiger partial charge is 0.258 e. The Balaban J connectivity index is 1.27. The Hall–Kier alpha value is -4.49. The summed E-state index contributed by atoms with van der Waals surface area (Å²) in [6.07, 6.45) is 4.83. The highest BCUT2D eigenvalue weighted by Crippen LogP contribution is 2.67. The zero-order valence-electron chi connectivity index (χ0n) is 28.3. The minimum absolute atomic E-state index is 0.0194.